The Morgan fingerprint density at radius 3 is 2.38 bits per heavy atom. The minimum atomic E-state index is -0.945. The summed E-state index contributed by atoms with van der Waals surface area (Å²) in [6.07, 6.45) is 0.710. The molecule has 0 saturated carbocycles. The SMILES string of the molecule is CC#CCC(NC(=O)OCC1c2ccccc2-c2ccccc21)C(=O)N1CCCC1CC(=O)O. The zero-order valence-corrected chi connectivity index (χ0v) is 19.1. The number of aliphatic carboxylic acids is 1. The van der Waals surface area contributed by atoms with Crippen molar-refractivity contribution in [2.75, 3.05) is 13.2 Å². The average molecular weight is 461 g/mol. The molecule has 34 heavy (non-hydrogen) atoms. The first kappa shape index (κ1) is 23.4. The summed E-state index contributed by atoms with van der Waals surface area (Å²) in [7, 11) is 0. The van der Waals surface area contributed by atoms with E-state index in [0.717, 1.165) is 28.7 Å². The fourth-order valence-electron chi connectivity index (χ4n) is 4.93. The molecular weight excluding hydrogens is 432 g/mol. The number of rotatable bonds is 7. The van der Waals surface area contributed by atoms with Crippen LogP contribution in [0.25, 0.3) is 11.1 Å². The Hall–Kier alpha value is -3.79. The quantitative estimate of drug-likeness (QED) is 0.613. The smallest absolute Gasteiger partial charge is 0.407 e. The van der Waals surface area contributed by atoms with E-state index >= 15 is 0 Å². The third-order valence-corrected chi connectivity index (χ3v) is 6.49. The summed E-state index contributed by atoms with van der Waals surface area (Å²) < 4.78 is 5.59. The van der Waals surface area contributed by atoms with Crippen LogP contribution in [-0.2, 0) is 14.3 Å². The van der Waals surface area contributed by atoms with Gasteiger partial charge in [-0.3, -0.25) is 9.59 Å². The van der Waals surface area contributed by atoms with Crippen LogP contribution in [0.4, 0.5) is 4.79 Å². The molecule has 1 heterocycles. The molecule has 2 N–H and O–H groups in total. The van der Waals surface area contributed by atoms with Crippen LogP contribution in [-0.4, -0.2) is 53.2 Å². The molecule has 1 aliphatic heterocycles. The van der Waals surface area contributed by atoms with E-state index in [4.69, 9.17) is 9.84 Å². The first-order valence-corrected chi connectivity index (χ1v) is 11.5. The standard InChI is InChI=1S/C27H28N2O5/c1-2-3-14-24(26(32)29-15-8-9-18(29)16-25(30)31)28-27(33)34-17-23-21-12-6-4-10-19(21)20-11-5-7-13-22(20)23/h4-7,10-13,18,23-24H,8-9,14-17H2,1H3,(H,28,33)(H,30,31). The molecule has 2 unspecified atom stereocenters. The van der Waals surface area contributed by atoms with Gasteiger partial charge < -0.3 is 20.1 Å². The minimum absolute atomic E-state index is 0.0822. The molecule has 1 fully saturated rings. The number of likely N-dealkylation sites (tertiary alicyclic amines) is 1. The maximum absolute atomic E-state index is 13.2. The molecular formula is C27H28N2O5. The lowest BCUT2D eigenvalue weighted by molar-refractivity contribution is -0.140. The molecule has 1 saturated heterocycles. The highest BCUT2D eigenvalue weighted by atomic mass is 16.5. The van der Waals surface area contributed by atoms with Crippen LogP contribution < -0.4 is 5.32 Å². The van der Waals surface area contributed by atoms with Gasteiger partial charge in [0.2, 0.25) is 5.91 Å². The predicted octanol–water partition coefficient (Wildman–Crippen LogP) is 3.77. The maximum Gasteiger partial charge on any atom is 0.407 e. The van der Waals surface area contributed by atoms with Gasteiger partial charge in [-0.15, -0.1) is 11.8 Å². The molecule has 0 bridgehead atoms. The second-order valence-electron chi connectivity index (χ2n) is 8.58. The van der Waals surface area contributed by atoms with Crippen molar-refractivity contribution in [1.29, 1.82) is 0 Å². The molecule has 2 aromatic rings. The van der Waals surface area contributed by atoms with Crippen LogP contribution in [0.15, 0.2) is 48.5 Å². The number of carboxylic acid groups (broad SMARTS) is 1. The number of hydrogen-bond acceptors (Lipinski definition) is 4. The molecule has 0 spiro atoms. The summed E-state index contributed by atoms with van der Waals surface area (Å²) in [6, 6.07) is 14.9. The summed E-state index contributed by atoms with van der Waals surface area (Å²) >= 11 is 0. The number of carbonyl (C=O) groups is 3. The Morgan fingerprint density at radius 1 is 1.12 bits per heavy atom. The Bertz CT molecular complexity index is 1100. The highest BCUT2D eigenvalue weighted by Gasteiger charge is 2.35. The molecule has 4 rings (SSSR count). The zero-order valence-electron chi connectivity index (χ0n) is 19.1. The van der Waals surface area contributed by atoms with E-state index in [-0.39, 0.29) is 37.3 Å². The molecule has 0 radical (unpaired) electrons. The molecule has 176 valence electrons. The number of ether oxygens (including phenoxy) is 1. The highest BCUT2D eigenvalue weighted by Crippen LogP contribution is 2.44. The van der Waals surface area contributed by atoms with E-state index in [9.17, 15) is 14.4 Å². The van der Waals surface area contributed by atoms with Crippen LogP contribution in [0.3, 0.4) is 0 Å². The second-order valence-corrected chi connectivity index (χ2v) is 8.58. The van der Waals surface area contributed by atoms with Gasteiger partial charge in [0.1, 0.15) is 12.6 Å². The topological polar surface area (TPSA) is 95.9 Å². The van der Waals surface area contributed by atoms with E-state index in [1.54, 1.807) is 11.8 Å². The van der Waals surface area contributed by atoms with Gasteiger partial charge in [-0.1, -0.05) is 48.5 Å². The molecule has 2 aromatic carbocycles. The zero-order chi connectivity index (χ0) is 24.1. The fraction of sp³-hybridized carbons (Fsp3) is 0.370. The number of carboxylic acids is 1. The molecule has 7 heteroatoms. The summed E-state index contributed by atoms with van der Waals surface area (Å²) in [5, 5.41) is 11.8. The van der Waals surface area contributed by atoms with Gasteiger partial charge in [-0.2, -0.15) is 0 Å². The van der Waals surface area contributed by atoms with Crippen molar-refractivity contribution in [3.05, 3.63) is 59.7 Å². The van der Waals surface area contributed by atoms with Gasteiger partial charge >= 0.3 is 12.1 Å². The Morgan fingerprint density at radius 2 is 1.76 bits per heavy atom. The lowest BCUT2D eigenvalue weighted by atomic mass is 9.98. The number of benzene rings is 2. The molecule has 2 atom stereocenters. The third kappa shape index (κ3) is 4.91. The second kappa shape index (κ2) is 10.4. The largest absolute Gasteiger partial charge is 0.481 e. The van der Waals surface area contributed by atoms with Crippen LogP contribution in [0.1, 0.15) is 49.7 Å². The molecule has 7 nitrogen and oxygen atoms in total. The number of carbonyl (C=O) groups excluding carboxylic acids is 2. The number of hydrogen-bond donors (Lipinski definition) is 2. The lowest BCUT2D eigenvalue weighted by Gasteiger charge is -2.28. The average Bonchev–Trinajstić information content (AvgIpc) is 3.42. The number of nitrogens with one attached hydrogen (secondary N) is 1. The van der Waals surface area contributed by atoms with E-state index in [1.165, 1.54) is 0 Å². The van der Waals surface area contributed by atoms with Crippen molar-refractivity contribution in [2.24, 2.45) is 0 Å². The Kier molecular flexibility index (Phi) is 7.17. The Balaban J connectivity index is 1.43. The number of fused-ring (bicyclic) bond motifs is 3. The third-order valence-electron chi connectivity index (χ3n) is 6.49. The molecule has 2 aliphatic rings. The maximum atomic E-state index is 13.2. The first-order chi connectivity index (χ1) is 16.5. The van der Waals surface area contributed by atoms with E-state index in [0.29, 0.717) is 13.0 Å². The van der Waals surface area contributed by atoms with Crippen LogP contribution in [0.2, 0.25) is 0 Å². The summed E-state index contributed by atoms with van der Waals surface area (Å²) in [4.78, 5) is 38.6. The van der Waals surface area contributed by atoms with Crippen molar-refractivity contribution in [1.82, 2.24) is 10.2 Å². The van der Waals surface area contributed by atoms with Gasteiger partial charge in [-0.05, 0) is 42.0 Å². The summed E-state index contributed by atoms with van der Waals surface area (Å²) in [6.45, 7) is 2.28. The van der Waals surface area contributed by atoms with Crippen molar-refractivity contribution in [2.45, 2.75) is 50.6 Å². The summed E-state index contributed by atoms with van der Waals surface area (Å²) in [5.74, 6) is 4.26. The number of nitrogens with zero attached hydrogens (tertiary/aromatic N) is 1. The Labute approximate surface area is 199 Å². The molecule has 2 amide bonds. The van der Waals surface area contributed by atoms with Crippen molar-refractivity contribution >= 4 is 18.0 Å². The predicted molar refractivity (Wildman–Crippen MR) is 127 cm³/mol. The van der Waals surface area contributed by atoms with Crippen molar-refractivity contribution in [3.63, 3.8) is 0 Å². The highest BCUT2D eigenvalue weighted by molar-refractivity contribution is 5.87. The van der Waals surface area contributed by atoms with Gasteiger partial charge in [0.25, 0.3) is 0 Å². The van der Waals surface area contributed by atoms with Gasteiger partial charge in [0.05, 0.1) is 6.42 Å². The lowest BCUT2D eigenvalue weighted by Crippen LogP contribution is -2.50. The minimum Gasteiger partial charge on any atom is -0.481 e. The van der Waals surface area contributed by atoms with Gasteiger partial charge in [0, 0.05) is 24.9 Å². The number of amides is 2. The van der Waals surface area contributed by atoms with Gasteiger partial charge in [0.15, 0.2) is 0 Å². The van der Waals surface area contributed by atoms with Gasteiger partial charge in [-0.25, -0.2) is 4.79 Å². The van der Waals surface area contributed by atoms with E-state index < -0.39 is 18.1 Å². The number of alkyl carbamates (subject to hydrolysis) is 1. The molecule has 0 aromatic heterocycles. The van der Waals surface area contributed by atoms with Crippen molar-refractivity contribution < 1.29 is 24.2 Å². The monoisotopic (exact) mass is 460 g/mol. The summed E-state index contributed by atoms with van der Waals surface area (Å²) in [5.41, 5.74) is 4.48. The fourth-order valence-corrected chi connectivity index (χ4v) is 4.93. The van der Waals surface area contributed by atoms with Crippen LogP contribution >= 0.6 is 0 Å². The van der Waals surface area contributed by atoms with Crippen molar-refractivity contribution in [3.8, 4) is 23.0 Å². The van der Waals surface area contributed by atoms with E-state index in [2.05, 4.69) is 29.3 Å². The molecule has 1 aliphatic carbocycles. The normalized spacial score (nSPS) is 17.2. The first-order valence-electron chi connectivity index (χ1n) is 11.5. The van der Waals surface area contributed by atoms with Crippen LogP contribution in [0.5, 0.6) is 0 Å². The van der Waals surface area contributed by atoms with E-state index in [1.807, 2.05) is 36.4 Å². The van der Waals surface area contributed by atoms with Crippen LogP contribution in [0, 0.1) is 11.8 Å².